The highest BCUT2D eigenvalue weighted by molar-refractivity contribution is 4.82. The maximum Gasteiger partial charge on any atom is 0.00966 e. The summed E-state index contributed by atoms with van der Waals surface area (Å²) in [4.78, 5) is 0. The summed E-state index contributed by atoms with van der Waals surface area (Å²) in [5.41, 5.74) is 0.865. The van der Waals surface area contributed by atoms with Gasteiger partial charge in [-0.25, -0.2) is 0 Å². The van der Waals surface area contributed by atoms with Gasteiger partial charge in [-0.2, -0.15) is 0 Å². The lowest BCUT2D eigenvalue weighted by Gasteiger charge is -2.36. The minimum absolute atomic E-state index is 0.279. The van der Waals surface area contributed by atoms with Gasteiger partial charge in [0, 0.05) is 5.54 Å². The first-order chi connectivity index (χ1) is 6.29. The molecule has 0 aromatic rings. The second kappa shape index (κ2) is 4.22. The number of hydrogen-bond acceptors (Lipinski definition) is 1. The van der Waals surface area contributed by atoms with Crippen LogP contribution in [0.5, 0.6) is 0 Å². The van der Waals surface area contributed by atoms with E-state index in [0.717, 1.165) is 5.92 Å². The fourth-order valence-corrected chi connectivity index (χ4v) is 2.48. The van der Waals surface area contributed by atoms with Crippen LogP contribution in [-0.4, -0.2) is 12.1 Å². The molecule has 1 saturated carbocycles. The van der Waals surface area contributed by atoms with Gasteiger partial charge in [-0.1, -0.05) is 20.3 Å². The largest absolute Gasteiger partial charge is 0.312 e. The first-order valence-corrected chi connectivity index (χ1v) is 6.04. The van der Waals surface area contributed by atoms with E-state index in [9.17, 15) is 0 Å². The van der Waals surface area contributed by atoms with Crippen LogP contribution in [0.15, 0.2) is 0 Å². The maximum absolute atomic E-state index is 3.63. The Balaban J connectivity index is 2.32. The quantitative estimate of drug-likeness (QED) is 0.713. The van der Waals surface area contributed by atoms with Crippen molar-refractivity contribution in [3.63, 3.8) is 0 Å². The van der Waals surface area contributed by atoms with Crippen molar-refractivity contribution in [2.75, 3.05) is 6.54 Å². The van der Waals surface area contributed by atoms with Gasteiger partial charge in [-0.3, -0.25) is 0 Å². The Labute approximate surface area is 89.7 Å². The van der Waals surface area contributed by atoms with Crippen molar-refractivity contribution < 1.29 is 0 Å². The summed E-state index contributed by atoms with van der Waals surface area (Å²) in [6, 6.07) is 0. The van der Waals surface area contributed by atoms with Crippen LogP contribution >= 0.6 is 0 Å². The number of nitrogens with one attached hydrogen (secondary N) is 1. The van der Waals surface area contributed by atoms with Gasteiger partial charge in [0.2, 0.25) is 0 Å². The third-order valence-corrected chi connectivity index (χ3v) is 3.23. The van der Waals surface area contributed by atoms with Crippen molar-refractivity contribution in [1.82, 2.24) is 5.32 Å². The summed E-state index contributed by atoms with van der Waals surface area (Å²) in [6.07, 6.45) is 5.66. The van der Waals surface area contributed by atoms with Crippen molar-refractivity contribution in [1.29, 1.82) is 0 Å². The minimum Gasteiger partial charge on any atom is -0.312 e. The molecule has 1 aliphatic carbocycles. The molecule has 0 saturated heterocycles. The summed E-state index contributed by atoms with van der Waals surface area (Å²) >= 11 is 0. The van der Waals surface area contributed by atoms with Crippen LogP contribution in [0.25, 0.3) is 0 Å². The molecule has 1 nitrogen and oxygen atoms in total. The molecule has 0 radical (unpaired) electrons. The molecule has 1 atom stereocenters. The molecular weight excluding hydrogens is 170 g/mol. The van der Waals surface area contributed by atoms with E-state index in [4.69, 9.17) is 0 Å². The SMILES string of the molecule is CC1(C)CCCC(CNC(C)(C)C)C1. The van der Waals surface area contributed by atoms with E-state index in [2.05, 4.69) is 39.9 Å². The molecule has 0 bridgehead atoms. The van der Waals surface area contributed by atoms with Crippen molar-refractivity contribution in [3.8, 4) is 0 Å². The van der Waals surface area contributed by atoms with Gasteiger partial charge < -0.3 is 5.32 Å². The zero-order valence-electron chi connectivity index (χ0n) is 10.6. The molecule has 1 rings (SSSR count). The first-order valence-electron chi connectivity index (χ1n) is 6.04. The smallest absolute Gasteiger partial charge is 0.00966 e. The lowest BCUT2D eigenvalue weighted by molar-refractivity contribution is 0.170. The van der Waals surface area contributed by atoms with Crippen molar-refractivity contribution in [2.24, 2.45) is 11.3 Å². The summed E-state index contributed by atoms with van der Waals surface area (Å²) in [5.74, 6) is 0.901. The summed E-state index contributed by atoms with van der Waals surface area (Å²) in [7, 11) is 0. The molecule has 0 aromatic carbocycles. The van der Waals surface area contributed by atoms with E-state index in [1.165, 1.54) is 32.2 Å². The van der Waals surface area contributed by atoms with E-state index in [1.807, 2.05) is 0 Å². The van der Waals surface area contributed by atoms with Crippen molar-refractivity contribution in [3.05, 3.63) is 0 Å². The van der Waals surface area contributed by atoms with E-state index in [1.54, 1.807) is 0 Å². The molecule has 0 amide bonds. The van der Waals surface area contributed by atoms with Gasteiger partial charge in [-0.05, 0) is 57.9 Å². The van der Waals surface area contributed by atoms with E-state index >= 15 is 0 Å². The number of hydrogen-bond donors (Lipinski definition) is 1. The molecule has 14 heavy (non-hydrogen) atoms. The Kier molecular flexibility index (Phi) is 3.63. The lowest BCUT2D eigenvalue weighted by atomic mass is 9.72. The average Bonchev–Trinajstić information content (AvgIpc) is 1.98. The fraction of sp³-hybridized carbons (Fsp3) is 1.00. The number of rotatable bonds is 2. The molecule has 0 aromatic heterocycles. The Morgan fingerprint density at radius 3 is 2.43 bits per heavy atom. The lowest BCUT2D eigenvalue weighted by Crippen LogP contribution is -2.40. The molecule has 1 unspecified atom stereocenters. The average molecular weight is 197 g/mol. The van der Waals surface area contributed by atoms with Crippen molar-refractivity contribution in [2.45, 2.75) is 65.8 Å². The Bertz CT molecular complexity index is 176. The molecule has 0 aliphatic heterocycles. The van der Waals surface area contributed by atoms with Crippen molar-refractivity contribution >= 4 is 0 Å². The third kappa shape index (κ3) is 4.45. The maximum atomic E-state index is 3.63. The monoisotopic (exact) mass is 197 g/mol. The summed E-state index contributed by atoms with van der Waals surface area (Å²) in [5, 5.41) is 3.63. The Morgan fingerprint density at radius 1 is 1.29 bits per heavy atom. The normalized spacial score (nSPS) is 27.6. The van der Waals surface area contributed by atoms with Gasteiger partial charge >= 0.3 is 0 Å². The Hall–Kier alpha value is -0.0400. The van der Waals surface area contributed by atoms with Crippen LogP contribution in [-0.2, 0) is 0 Å². The first kappa shape index (κ1) is 12.0. The molecule has 0 heterocycles. The standard InChI is InChI=1S/C13H27N/c1-12(2,3)14-10-11-7-6-8-13(4,5)9-11/h11,14H,6-10H2,1-5H3. The van der Waals surface area contributed by atoms with Crippen LogP contribution in [0, 0.1) is 11.3 Å². The predicted octanol–water partition coefficient (Wildman–Crippen LogP) is 3.59. The molecule has 0 spiro atoms. The third-order valence-electron chi connectivity index (χ3n) is 3.23. The molecule has 1 fully saturated rings. The van der Waals surface area contributed by atoms with E-state index in [-0.39, 0.29) is 5.54 Å². The zero-order valence-corrected chi connectivity index (χ0v) is 10.6. The second-order valence-corrected chi connectivity index (χ2v) is 6.76. The van der Waals surface area contributed by atoms with E-state index < -0.39 is 0 Å². The highest BCUT2D eigenvalue weighted by Gasteiger charge is 2.28. The van der Waals surface area contributed by atoms with Crippen LogP contribution in [0.4, 0.5) is 0 Å². The summed E-state index contributed by atoms with van der Waals surface area (Å²) in [6.45, 7) is 12.8. The highest BCUT2D eigenvalue weighted by Crippen LogP contribution is 2.38. The van der Waals surface area contributed by atoms with Crippen LogP contribution in [0.2, 0.25) is 0 Å². The van der Waals surface area contributed by atoms with Crippen LogP contribution in [0.3, 0.4) is 0 Å². The van der Waals surface area contributed by atoms with Crippen LogP contribution < -0.4 is 5.32 Å². The highest BCUT2D eigenvalue weighted by atomic mass is 14.9. The van der Waals surface area contributed by atoms with Gasteiger partial charge in [0.05, 0.1) is 0 Å². The van der Waals surface area contributed by atoms with E-state index in [0.29, 0.717) is 5.41 Å². The van der Waals surface area contributed by atoms with Gasteiger partial charge in [0.15, 0.2) is 0 Å². The summed E-state index contributed by atoms with van der Waals surface area (Å²) < 4.78 is 0. The minimum atomic E-state index is 0.279. The molecule has 1 heteroatoms. The Morgan fingerprint density at radius 2 is 1.93 bits per heavy atom. The van der Waals surface area contributed by atoms with Gasteiger partial charge in [0.1, 0.15) is 0 Å². The molecule has 1 aliphatic rings. The van der Waals surface area contributed by atoms with Gasteiger partial charge in [-0.15, -0.1) is 0 Å². The zero-order chi connectivity index (χ0) is 10.8. The predicted molar refractivity (Wildman–Crippen MR) is 63.5 cm³/mol. The molecule has 84 valence electrons. The molecular formula is C13H27N. The fourth-order valence-electron chi connectivity index (χ4n) is 2.48. The van der Waals surface area contributed by atoms with Gasteiger partial charge in [0.25, 0.3) is 0 Å². The molecule has 1 N–H and O–H groups in total. The topological polar surface area (TPSA) is 12.0 Å². The van der Waals surface area contributed by atoms with Crippen LogP contribution in [0.1, 0.15) is 60.3 Å². The second-order valence-electron chi connectivity index (χ2n) is 6.76.